The molecule has 0 amide bonds. The molecule has 0 spiro atoms. The Hall–Kier alpha value is -1.94. The minimum Gasteiger partial charge on any atom is -0.462 e. The normalized spacial score (nSPS) is 14.2. The minimum absolute atomic E-state index is 0.107. The fourth-order valence-corrected chi connectivity index (χ4v) is 11.8. The predicted octanol–water partition coefficient (Wildman–Crippen LogP) is 19.2. The lowest BCUT2D eigenvalue weighted by Crippen LogP contribution is -2.30. The van der Waals surface area contributed by atoms with Crippen molar-refractivity contribution in [2.45, 2.75) is 362 Å². The zero-order valence-electron chi connectivity index (χ0n) is 56.3. The molecule has 0 radical (unpaired) electrons. The van der Waals surface area contributed by atoms with Crippen molar-refractivity contribution in [3.8, 4) is 0 Å². The summed E-state index contributed by atoms with van der Waals surface area (Å²) in [6, 6.07) is 0. The van der Waals surface area contributed by atoms with Gasteiger partial charge in [-0.25, -0.2) is 9.13 Å². The van der Waals surface area contributed by atoms with Crippen molar-refractivity contribution >= 4 is 39.5 Å². The standard InChI is InChI=1S/C68H132O17P2/c1-7-9-11-13-15-16-17-21-28-34-40-46-52-67(72)84-63(56-78-65(70)50-44-38-30-14-12-10-8-2)58-82-86(74,75)80-54-62(69)55-81-87(76,77)83-59-64(57-79-66(71)51-45-39-33-27-24-23-26-32-37-43-49-61(5)6)85-68(73)53-47-41-35-29-22-19-18-20-25-31-36-42-48-60(3)4/h60-64,69H,7-59H2,1-6H3,(H,74,75)(H,76,77)/t62-,63+,64+/m0/s1. The number of rotatable bonds is 67. The van der Waals surface area contributed by atoms with E-state index in [1.54, 1.807) is 0 Å². The van der Waals surface area contributed by atoms with Gasteiger partial charge in [-0.2, -0.15) is 0 Å². The summed E-state index contributed by atoms with van der Waals surface area (Å²) in [6.45, 7) is 9.50. The van der Waals surface area contributed by atoms with E-state index in [4.69, 9.17) is 37.0 Å². The number of esters is 4. The Labute approximate surface area is 530 Å². The van der Waals surface area contributed by atoms with Crippen LogP contribution in [0, 0.1) is 11.8 Å². The number of hydrogen-bond acceptors (Lipinski definition) is 15. The Morgan fingerprint density at radius 1 is 0.310 bits per heavy atom. The molecular formula is C68H132O17P2. The molecule has 0 aliphatic heterocycles. The van der Waals surface area contributed by atoms with Gasteiger partial charge in [0.25, 0.3) is 0 Å². The van der Waals surface area contributed by atoms with Gasteiger partial charge in [0.15, 0.2) is 12.2 Å². The van der Waals surface area contributed by atoms with E-state index in [0.717, 1.165) is 115 Å². The van der Waals surface area contributed by atoms with Crippen LogP contribution in [0.2, 0.25) is 0 Å². The molecular weight excluding hydrogens is 1150 g/mol. The first-order valence-corrected chi connectivity index (χ1v) is 38.5. The monoisotopic (exact) mass is 1280 g/mol. The summed E-state index contributed by atoms with van der Waals surface area (Å²) in [7, 11) is -9.89. The maximum absolute atomic E-state index is 13.0. The first-order valence-electron chi connectivity index (χ1n) is 35.5. The third kappa shape index (κ3) is 62.6. The molecule has 0 aromatic heterocycles. The molecule has 0 saturated heterocycles. The number of phosphoric ester groups is 2. The summed E-state index contributed by atoms with van der Waals surface area (Å²) >= 11 is 0. The molecule has 3 N–H and O–H groups in total. The molecule has 0 aliphatic rings. The van der Waals surface area contributed by atoms with Crippen LogP contribution >= 0.6 is 15.6 Å². The van der Waals surface area contributed by atoms with Crippen LogP contribution in [-0.4, -0.2) is 96.7 Å². The molecule has 5 atom stereocenters. The number of hydrogen-bond donors (Lipinski definition) is 3. The molecule has 87 heavy (non-hydrogen) atoms. The zero-order valence-corrected chi connectivity index (χ0v) is 58.1. The Morgan fingerprint density at radius 2 is 0.529 bits per heavy atom. The summed E-state index contributed by atoms with van der Waals surface area (Å²) in [5.41, 5.74) is 0. The van der Waals surface area contributed by atoms with Crippen molar-refractivity contribution < 1.29 is 80.2 Å². The van der Waals surface area contributed by atoms with Crippen molar-refractivity contribution in [3.05, 3.63) is 0 Å². The van der Waals surface area contributed by atoms with Gasteiger partial charge in [0.05, 0.1) is 26.4 Å². The van der Waals surface area contributed by atoms with Gasteiger partial charge in [-0.05, 0) is 37.5 Å². The second-order valence-electron chi connectivity index (χ2n) is 25.5. The molecule has 0 saturated carbocycles. The number of ether oxygens (including phenoxy) is 4. The van der Waals surface area contributed by atoms with E-state index < -0.39 is 97.5 Å². The number of unbranched alkanes of at least 4 members (excludes halogenated alkanes) is 37. The summed E-state index contributed by atoms with van der Waals surface area (Å²) in [6.07, 6.45) is 44.4. The highest BCUT2D eigenvalue weighted by Gasteiger charge is 2.30. The van der Waals surface area contributed by atoms with Gasteiger partial charge in [0, 0.05) is 25.7 Å². The molecule has 19 heteroatoms. The summed E-state index contributed by atoms with van der Waals surface area (Å²) in [5, 5.41) is 10.6. The van der Waals surface area contributed by atoms with E-state index in [2.05, 4.69) is 41.5 Å². The average molecular weight is 1280 g/mol. The summed E-state index contributed by atoms with van der Waals surface area (Å²) in [4.78, 5) is 72.3. The molecule has 0 fully saturated rings. The minimum atomic E-state index is -4.95. The number of carbonyl (C=O) groups is 4. The SMILES string of the molecule is CCCCCCCCCCCCCCC(=O)O[C@H](COC(=O)CCCCCCCCC)COP(=O)(O)OC[C@H](O)COP(=O)(O)OC[C@@H](COC(=O)CCCCCCCCCCCCC(C)C)OC(=O)CCCCCCCCCCCCCCC(C)C. The first-order chi connectivity index (χ1) is 41.9. The second kappa shape index (κ2) is 60.3. The van der Waals surface area contributed by atoms with Gasteiger partial charge in [0.1, 0.15) is 19.3 Å². The van der Waals surface area contributed by atoms with E-state index in [1.165, 1.54) is 148 Å². The van der Waals surface area contributed by atoms with Crippen molar-refractivity contribution in [2.24, 2.45) is 11.8 Å². The highest BCUT2D eigenvalue weighted by molar-refractivity contribution is 7.47. The molecule has 0 aromatic rings. The third-order valence-corrected chi connectivity index (χ3v) is 17.6. The van der Waals surface area contributed by atoms with Crippen LogP contribution in [0.5, 0.6) is 0 Å². The van der Waals surface area contributed by atoms with Crippen molar-refractivity contribution in [1.82, 2.24) is 0 Å². The molecule has 0 bridgehead atoms. The van der Waals surface area contributed by atoms with E-state index in [1.807, 2.05) is 0 Å². The molecule has 17 nitrogen and oxygen atoms in total. The third-order valence-electron chi connectivity index (χ3n) is 15.7. The number of carbonyl (C=O) groups excluding carboxylic acids is 4. The fraction of sp³-hybridized carbons (Fsp3) is 0.941. The van der Waals surface area contributed by atoms with E-state index >= 15 is 0 Å². The Bertz CT molecular complexity index is 1700. The molecule has 2 unspecified atom stereocenters. The highest BCUT2D eigenvalue weighted by Crippen LogP contribution is 2.45. The lowest BCUT2D eigenvalue weighted by atomic mass is 10.0. The molecule has 0 aliphatic carbocycles. The van der Waals surface area contributed by atoms with E-state index in [9.17, 15) is 43.2 Å². The first kappa shape index (κ1) is 85.1. The number of phosphoric acid groups is 2. The van der Waals surface area contributed by atoms with Crippen LogP contribution < -0.4 is 0 Å². The largest absolute Gasteiger partial charge is 0.472 e. The molecule has 0 aromatic carbocycles. The van der Waals surface area contributed by atoms with E-state index in [0.29, 0.717) is 25.7 Å². The molecule has 516 valence electrons. The molecule has 0 rings (SSSR count). The van der Waals surface area contributed by atoms with Crippen LogP contribution in [0.1, 0.15) is 343 Å². The topological polar surface area (TPSA) is 237 Å². The van der Waals surface area contributed by atoms with Gasteiger partial charge < -0.3 is 33.8 Å². The van der Waals surface area contributed by atoms with Crippen LogP contribution in [0.15, 0.2) is 0 Å². The lowest BCUT2D eigenvalue weighted by molar-refractivity contribution is -0.161. The van der Waals surface area contributed by atoms with Crippen LogP contribution in [0.4, 0.5) is 0 Å². The van der Waals surface area contributed by atoms with Gasteiger partial charge in [0.2, 0.25) is 0 Å². The fourth-order valence-electron chi connectivity index (χ4n) is 10.2. The summed E-state index contributed by atoms with van der Waals surface area (Å²) in [5.74, 6) is -0.595. The highest BCUT2D eigenvalue weighted by atomic mass is 31.2. The van der Waals surface area contributed by atoms with Gasteiger partial charge in [-0.15, -0.1) is 0 Å². The van der Waals surface area contributed by atoms with Gasteiger partial charge >= 0.3 is 39.5 Å². The van der Waals surface area contributed by atoms with Crippen molar-refractivity contribution in [3.63, 3.8) is 0 Å². The van der Waals surface area contributed by atoms with Crippen LogP contribution in [-0.2, 0) is 65.4 Å². The summed E-state index contributed by atoms with van der Waals surface area (Å²) < 4.78 is 68.1. The maximum Gasteiger partial charge on any atom is 0.472 e. The smallest absolute Gasteiger partial charge is 0.462 e. The average Bonchev–Trinajstić information content (AvgIpc) is 3.58. The Morgan fingerprint density at radius 3 is 0.782 bits per heavy atom. The van der Waals surface area contributed by atoms with Gasteiger partial charge in [-0.3, -0.25) is 37.3 Å². The molecule has 0 heterocycles. The zero-order chi connectivity index (χ0) is 64.3. The van der Waals surface area contributed by atoms with Crippen molar-refractivity contribution in [2.75, 3.05) is 39.6 Å². The van der Waals surface area contributed by atoms with E-state index in [-0.39, 0.29) is 25.7 Å². The Kier molecular flexibility index (Phi) is 59.0. The predicted molar refractivity (Wildman–Crippen MR) is 349 cm³/mol. The number of aliphatic hydroxyl groups excluding tert-OH is 1. The quantitative estimate of drug-likeness (QED) is 0.0222. The second-order valence-corrected chi connectivity index (χ2v) is 28.4. The maximum atomic E-state index is 13.0. The lowest BCUT2D eigenvalue weighted by Gasteiger charge is -2.21. The van der Waals surface area contributed by atoms with Crippen molar-refractivity contribution in [1.29, 1.82) is 0 Å². The number of aliphatic hydroxyl groups is 1. The van der Waals surface area contributed by atoms with Gasteiger partial charge in [-0.1, -0.05) is 292 Å². The Balaban J connectivity index is 5.22. The van der Waals surface area contributed by atoms with Crippen LogP contribution in [0.25, 0.3) is 0 Å². The van der Waals surface area contributed by atoms with Crippen LogP contribution in [0.3, 0.4) is 0 Å².